The molecule has 0 unspecified atom stereocenters. The van der Waals surface area contributed by atoms with E-state index >= 15 is 0 Å². The number of pyridine rings is 1. The first-order chi connectivity index (χ1) is 9.43. The van der Waals surface area contributed by atoms with Gasteiger partial charge in [-0.05, 0) is 31.2 Å². The largest absolute Gasteiger partial charge is 0.325 e. The molecule has 1 aliphatic rings. The maximum Gasteiger partial charge on any atom is 0.159 e. The molecule has 0 saturated carbocycles. The SMILES string of the molecule is Cl.c1cc(-c2nccn2[C@@H]2CCNC2)n2nccc2c1. The number of halogens is 1. The summed E-state index contributed by atoms with van der Waals surface area (Å²) in [5.74, 6) is 0.989. The first kappa shape index (κ1) is 13.1. The summed E-state index contributed by atoms with van der Waals surface area (Å²) in [5, 5.41) is 7.79. The van der Waals surface area contributed by atoms with E-state index in [9.17, 15) is 0 Å². The third-order valence-electron chi connectivity index (χ3n) is 3.75. The Morgan fingerprint density at radius 1 is 1.20 bits per heavy atom. The van der Waals surface area contributed by atoms with Gasteiger partial charge in [-0.15, -0.1) is 12.4 Å². The van der Waals surface area contributed by atoms with E-state index in [2.05, 4.69) is 44.4 Å². The molecular formula is C14H16ClN5. The van der Waals surface area contributed by atoms with Crippen LogP contribution < -0.4 is 5.32 Å². The summed E-state index contributed by atoms with van der Waals surface area (Å²) in [6.45, 7) is 2.09. The van der Waals surface area contributed by atoms with Crippen LogP contribution in [0, 0.1) is 0 Å². The van der Waals surface area contributed by atoms with E-state index in [1.807, 2.05) is 23.0 Å². The average Bonchev–Trinajstić information content (AvgIpc) is 3.18. The summed E-state index contributed by atoms with van der Waals surface area (Å²) in [5.41, 5.74) is 2.14. The summed E-state index contributed by atoms with van der Waals surface area (Å²) >= 11 is 0. The highest BCUT2D eigenvalue weighted by Crippen LogP contribution is 2.24. The third kappa shape index (κ3) is 1.99. The van der Waals surface area contributed by atoms with E-state index in [-0.39, 0.29) is 12.4 Å². The van der Waals surface area contributed by atoms with Crippen LogP contribution in [0.4, 0.5) is 0 Å². The smallest absolute Gasteiger partial charge is 0.159 e. The standard InChI is InChI=1S/C14H15N5.ClH/c1-2-11-5-7-17-19(11)13(3-1)14-16-8-9-18(14)12-4-6-15-10-12;/h1-3,5,7-9,12,15H,4,6,10H2;1H/t12-;/m1./s1. The number of nitrogens with zero attached hydrogens (tertiary/aromatic N) is 4. The minimum Gasteiger partial charge on any atom is -0.325 e. The lowest BCUT2D eigenvalue weighted by atomic mass is 10.2. The van der Waals surface area contributed by atoms with Crippen LogP contribution in [0.5, 0.6) is 0 Å². The minimum atomic E-state index is 0. The van der Waals surface area contributed by atoms with Gasteiger partial charge in [0.15, 0.2) is 5.82 Å². The van der Waals surface area contributed by atoms with Crippen LogP contribution in [0.25, 0.3) is 17.0 Å². The van der Waals surface area contributed by atoms with Gasteiger partial charge in [-0.25, -0.2) is 9.50 Å². The highest BCUT2D eigenvalue weighted by atomic mass is 35.5. The molecule has 0 radical (unpaired) electrons. The first-order valence-electron chi connectivity index (χ1n) is 6.60. The van der Waals surface area contributed by atoms with Crippen molar-refractivity contribution in [1.29, 1.82) is 0 Å². The molecule has 1 fully saturated rings. The maximum absolute atomic E-state index is 4.54. The molecule has 3 aromatic rings. The highest BCUT2D eigenvalue weighted by Gasteiger charge is 2.20. The Morgan fingerprint density at radius 3 is 3.00 bits per heavy atom. The molecule has 1 N–H and O–H groups in total. The molecule has 0 aliphatic carbocycles. The molecule has 0 spiro atoms. The second-order valence-corrected chi connectivity index (χ2v) is 4.88. The van der Waals surface area contributed by atoms with E-state index in [1.165, 1.54) is 0 Å². The number of hydrogen-bond donors (Lipinski definition) is 1. The molecule has 4 rings (SSSR count). The normalized spacial score (nSPS) is 18.3. The predicted molar refractivity (Wildman–Crippen MR) is 80.2 cm³/mol. The fourth-order valence-electron chi connectivity index (χ4n) is 2.80. The van der Waals surface area contributed by atoms with Crippen molar-refractivity contribution in [3.63, 3.8) is 0 Å². The number of aromatic nitrogens is 4. The Kier molecular flexibility index (Phi) is 3.46. The van der Waals surface area contributed by atoms with Gasteiger partial charge in [-0.1, -0.05) is 6.07 Å². The molecule has 5 nitrogen and oxygen atoms in total. The molecule has 20 heavy (non-hydrogen) atoms. The van der Waals surface area contributed by atoms with Gasteiger partial charge in [0, 0.05) is 25.0 Å². The zero-order chi connectivity index (χ0) is 12.7. The van der Waals surface area contributed by atoms with Crippen LogP contribution >= 0.6 is 12.4 Å². The van der Waals surface area contributed by atoms with Gasteiger partial charge < -0.3 is 9.88 Å². The number of imidazole rings is 1. The van der Waals surface area contributed by atoms with Crippen molar-refractivity contribution in [3.05, 3.63) is 42.9 Å². The number of fused-ring (bicyclic) bond motifs is 1. The molecule has 3 aromatic heterocycles. The van der Waals surface area contributed by atoms with Crippen LogP contribution in [0.2, 0.25) is 0 Å². The van der Waals surface area contributed by atoms with Crippen molar-refractivity contribution in [2.75, 3.05) is 13.1 Å². The zero-order valence-corrected chi connectivity index (χ0v) is 11.8. The molecule has 0 aromatic carbocycles. The minimum absolute atomic E-state index is 0. The van der Waals surface area contributed by atoms with Crippen LogP contribution in [-0.4, -0.2) is 32.3 Å². The second kappa shape index (κ2) is 5.26. The van der Waals surface area contributed by atoms with Gasteiger partial charge in [0.2, 0.25) is 0 Å². The van der Waals surface area contributed by atoms with Gasteiger partial charge >= 0.3 is 0 Å². The van der Waals surface area contributed by atoms with Crippen molar-refractivity contribution in [2.45, 2.75) is 12.5 Å². The number of rotatable bonds is 2. The summed E-state index contributed by atoms with van der Waals surface area (Å²) < 4.78 is 4.21. The number of hydrogen-bond acceptors (Lipinski definition) is 3. The van der Waals surface area contributed by atoms with Crippen molar-refractivity contribution in [3.8, 4) is 11.5 Å². The Balaban J connectivity index is 0.00000121. The summed E-state index contributed by atoms with van der Waals surface area (Å²) in [4.78, 5) is 4.54. The van der Waals surface area contributed by atoms with E-state index in [0.29, 0.717) is 6.04 Å². The van der Waals surface area contributed by atoms with Gasteiger partial charge in [0.05, 0.1) is 11.7 Å². The quantitative estimate of drug-likeness (QED) is 0.786. The zero-order valence-electron chi connectivity index (χ0n) is 10.9. The van der Waals surface area contributed by atoms with E-state index in [1.54, 1.807) is 0 Å². The molecule has 1 aliphatic heterocycles. The molecule has 1 atom stereocenters. The van der Waals surface area contributed by atoms with E-state index < -0.39 is 0 Å². The van der Waals surface area contributed by atoms with Crippen molar-refractivity contribution in [2.24, 2.45) is 0 Å². The van der Waals surface area contributed by atoms with Crippen molar-refractivity contribution in [1.82, 2.24) is 24.5 Å². The Morgan fingerprint density at radius 2 is 2.15 bits per heavy atom. The molecule has 104 valence electrons. The highest BCUT2D eigenvalue weighted by molar-refractivity contribution is 5.85. The summed E-state index contributed by atoms with van der Waals surface area (Å²) in [7, 11) is 0. The molecule has 1 saturated heterocycles. The molecule has 6 heteroatoms. The lowest BCUT2D eigenvalue weighted by Gasteiger charge is -2.14. The van der Waals surface area contributed by atoms with E-state index in [0.717, 1.165) is 36.5 Å². The third-order valence-corrected chi connectivity index (χ3v) is 3.75. The summed E-state index contributed by atoms with van der Waals surface area (Å²) in [6.07, 6.45) is 6.91. The molecule has 0 bridgehead atoms. The Bertz CT molecular complexity index is 711. The number of nitrogens with one attached hydrogen (secondary N) is 1. The van der Waals surface area contributed by atoms with Gasteiger partial charge in [0.25, 0.3) is 0 Å². The second-order valence-electron chi connectivity index (χ2n) is 4.88. The average molecular weight is 290 g/mol. The van der Waals surface area contributed by atoms with Gasteiger partial charge in [0.1, 0.15) is 5.69 Å². The Hall–Kier alpha value is -1.85. The fraction of sp³-hybridized carbons (Fsp3) is 0.286. The van der Waals surface area contributed by atoms with Crippen LogP contribution in [0.1, 0.15) is 12.5 Å². The lowest BCUT2D eigenvalue weighted by Crippen LogP contribution is -2.14. The van der Waals surface area contributed by atoms with Crippen LogP contribution in [-0.2, 0) is 0 Å². The van der Waals surface area contributed by atoms with Crippen molar-refractivity contribution < 1.29 is 0 Å². The fourth-order valence-corrected chi connectivity index (χ4v) is 2.80. The lowest BCUT2D eigenvalue weighted by molar-refractivity contribution is 0.550. The predicted octanol–water partition coefficient (Wildman–Crippen LogP) is 2.15. The maximum atomic E-state index is 4.54. The first-order valence-corrected chi connectivity index (χ1v) is 6.60. The molecule has 4 heterocycles. The van der Waals surface area contributed by atoms with Gasteiger partial charge in [-0.3, -0.25) is 0 Å². The topological polar surface area (TPSA) is 47.2 Å². The van der Waals surface area contributed by atoms with Crippen LogP contribution in [0.15, 0.2) is 42.9 Å². The molecular weight excluding hydrogens is 274 g/mol. The van der Waals surface area contributed by atoms with E-state index in [4.69, 9.17) is 0 Å². The van der Waals surface area contributed by atoms with Gasteiger partial charge in [-0.2, -0.15) is 5.10 Å². The van der Waals surface area contributed by atoms with Crippen molar-refractivity contribution >= 4 is 17.9 Å². The van der Waals surface area contributed by atoms with Crippen LogP contribution in [0.3, 0.4) is 0 Å². The molecule has 0 amide bonds. The monoisotopic (exact) mass is 289 g/mol. The Labute approximate surface area is 123 Å². The summed E-state index contributed by atoms with van der Waals surface area (Å²) in [6, 6.07) is 8.68.